The van der Waals surface area contributed by atoms with Gasteiger partial charge < -0.3 is 5.32 Å². The lowest BCUT2D eigenvalue weighted by Gasteiger charge is -2.27. The predicted molar refractivity (Wildman–Crippen MR) is 72.6 cm³/mol. The van der Waals surface area contributed by atoms with Crippen LogP contribution in [0.4, 0.5) is 4.79 Å². The molecule has 1 saturated carbocycles. The molecule has 1 aliphatic rings. The van der Waals surface area contributed by atoms with Gasteiger partial charge >= 0.3 is 6.03 Å². The Balaban J connectivity index is 2.13. The minimum atomic E-state index is -0.400. The van der Waals surface area contributed by atoms with Gasteiger partial charge in [0, 0.05) is 18.8 Å². The molecule has 5 heteroatoms. The van der Waals surface area contributed by atoms with E-state index in [4.69, 9.17) is 11.6 Å². The fourth-order valence-electron chi connectivity index (χ4n) is 2.40. The van der Waals surface area contributed by atoms with Gasteiger partial charge in [0.1, 0.15) is 0 Å². The lowest BCUT2D eigenvalue weighted by molar-refractivity contribution is -0.119. The van der Waals surface area contributed by atoms with Crippen LogP contribution in [0.1, 0.15) is 45.4 Å². The van der Waals surface area contributed by atoms with Crippen molar-refractivity contribution >= 4 is 23.5 Å². The first-order valence-corrected chi connectivity index (χ1v) is 7.32. The minimum Gasteiger partial charge on any atom is -0.338 e. The number of nitrogens with one attached hydrogen (secondary N) is 2. The fraction of sp³-hybridized carbons (Fsp3) is 0.846. The molecule has 0 unspecified atom stereocenters. The molecule has 0 heterocycles. The molecule has 1 aliphatic carbocycles. The maximum absolute atomic E-state index is 11.4. The molecule has 1 fully saturated rings. The second kappa shape index (κ2) is 8.35. The molecule has 0 atom stereocenters. The van der Waals surface area contributed by atoms with Gasteiger partial charge in [-0.3, -0.25) is 10.1 Å². The summed E-state index contributed by atoms with van der Waals surface area (Å²) in [6, 6.07) is -0.400. The largest absolute Gasteiger partial charge is 0.338 e. The average Bonchev–Trinajstić information content (AvgIpc) is 2.37. The van der Waals surface area contributed by atoms with E-state index < -0.39 is 6.03 Å². The van der Waals surface area contributed by atoms with E-state index >= 15 is 0 Å². The molecule has 0 bridgehead atoms. The Labute approximate surface area is 114 Å². The van der Waals surface area contributed by atoms with E-state index in [1.807, 2.05) is 0 Å². The van der Waals surface area contributed by atoms with Crippen LogP contribution in [0.25, 0.3) is 0 Å². The molecule has 3 amide bonds. The molecule has 0 saturated heterocycles. The number of halogens is 1. The second-order valence-corrected chi connectivity index (χ2v) is 5.37. The van der Waals surface area contributed by atoms with Crippen molar-refractivity contribution in [2.45, 2.75) is 45.4 Å². The van der Waals surface area contributed by atoms with Crippen LogP contribution in [0, 0.1) is 11.8 Å². The molecule has 4 nitrogen and oxygen atoms in total. The van der Waals surface area contributed by atoms with Crippen molar-refractivity contribution in [1.29, 1.82) is 0 Å². The third kappa shape index (κ3) is 5.71. The van der Waals surface area contributed by atoms with E-state index in [2.05, 4.69) is 17.6 Å². The average molecular weight is 275 g/mol. The first-order chi connectivity index (χ1) is 8.65. The topological polar surface area (TPSA) is 58.2 Å². The van der Waals surface area contributed by atoms with Gasteiger partial charge in [0.2, 0.25) is 5.91 Å². The summed E-state index contributed by atoms with van der Waals surface area (Å²) in [6.07, 6.45) is 6.30. The summed E-state index contributed by atoms with van der Waals surface area (Å²) in [5, 5.41) is 5.03. The standard InChI is InChI=1S/C13H23ClN2O2/c1-2-10-3-5-11(6-4-10)9-15-13(18)16-12(17)7-8-14/h10-11H,2-9H2,1H3,(H2,15,16,17,18). The van der Waals surface area contributed by atoms with E-state index in [-0.39, 0.29) is 18.2 Å². The number of imide groups is 1. The first-order valence-electron chi connectivity index (χ1n) is 6.79. The molecule has 0 spiro atoms. The Kier molecular flexibility index (Phi) is 7.09. The fourth-order valence-corrected chi connectivity index (χ4v) is 2.57. The number of rotatable bonds is 5. The van der Waals surface area contributed by atoms with Crippen molar-refractivity contribution < 1.29 is 9.59 Å². The van der Waals surface area contributed by atoms with Crippen LogP contribution in [0.15, 0.2) is 0 Å². The zero-order valence-corrected chi connectivity index (χ0v) is 11.8. The Hall–Kier alpha value is -0.770. The molecule has 0 aromatic rings. The monoisotopic (exact) mass is 274 g/mol. The van der Waals surface area contributed by atoms with Gasteiger partial charge in [-0.25, -0.2) is 4.79 Å². The van der Waals surface area contributed by atoms with Crippen molar-refractivity contribution in [3.63, 3.8) is 0 Å². The van der Waals surface area contributed by atoms with E-state index in [9.17, 15) is 9.59 Å². The molecule has 0 radical (unpaired) electrons. The summed E-state index contributed by atoms with van der Waals surface area (Å²) >= 11 is 5.41. The molecule has 18 heavy (non-hydrogen) atoms. The highest BCUT2D eigenvalue weighted by atomic mass is 35.5. The van der Waals surface area contributed by atoms with Gasteiger partial charge in [-0.1, -0.05) is 26.2 Å². The summed E-state index contributed by atoms with van der Waals surface area (Å²) in [7, 11) is 0. The number of urea groups is 1. The third-order valence-electron chi connectivity index (χ3n) is 3.67. The highest BCUT2D eigenvalue weighted by molar-refractivity contribution is 6.19. The smallest absolute Gasteiger partial charge is 0.321 e. The molecular formula is C13H23ClN2O2. The maximum Gasteiger partial charge on any atom is 0.321 e. The lowest BCUT2D eigenvalue weighted by atomic mass is 9.81. The first kappa shape index (κ1) is 15.3. The minimum absolute atomic E-state index is 0.177. The van der Waals surface area contributed by atoms with Crippen LogP contribution in [0.3, 0.4) is 0 Å². The van der Waals surface area contributed by atoms with Crippen LogP contribution in [0.2, 0.25) is 0 Å². The molecule has 0 aliphatic heterocycles. The van der Waals surface area contributed by atoms with E-state index in [0.29, 0.717) is 12.5 Å². The molecule has 2 N–H and O–H groups in total. The Morgan fingerprint density at radius 2 is 1.78 bits per heavy atom. The van der Waals surface area contributed by atoms with Gasteiger partial charge in [0.05, 0.1) is 0 Å². The highest BCUT2D eigenvalue weighted by Crippen LogP contribution is 2.29. The summed E-state index contributed by atoms with van der Waals surface area (Å²) in [6.45, 7) is 2.90. The van der Waals surface area contributed by atoms with Crippen LogP contribution in [-0.4, -0.2) is 24.4 Å². The van der Waals surface area contributed by atoms with Gasteiger partial charge in [-0.15, -0.1) is 11.6 Å². The molecular weight excluding hydrogens is 252 g/mol. The summed E-state index contributed by atoms with van der Waals surface area (Å²) < 4.78 is 0. The zero-order chi connectivity index (χ0) is 13.4. The highest BCUT2D eigenvalue weighted by Gasteiger charge is 2.20. The van der Waals surface area contributed by atoms with Gasteiger partial charge in [0.25, 0.3) is 0 Å². The van der Waals surface area contributed by atoms with E-state index in [1.54, 1.807) is 0 Å². The SMILES string of the molecule is CCC1CCC(CNC(=O)NC(=O)CCCl)CC1. The number of hydrogen-bond acceptors (Lipinski definition) is 2. The lowest BCUT2D eigenvalue weighted by Crippen LogP contribution is -2.41. The van der Waals surface area contributed by atoms with Crippen molar-refractivity contribution in [3.05, 3.63) is 0 Å². The predicted octanol–water partition coefficient (Wildman–Crippen LogP) is 2.66. The molecule has 0 aromatic heterocycles. The maximum atomic E-state index is 11.4. The summed E-state index contributed by atoms with van der Waals surface area (Å²) in [4.78, 5) is 22.5. The van der Waals surface area contributed by atoms with Gasteiger partial charge in [0.15, 0.2) is 0 Å². The van der Waals surface area contributed by atoms with Gasteiger partial charge in [-0.05, 0) is 24.7 Å². The molecule has 0 aromatic carbocycles. The number of amides is 3. The van der Waals surface area contributed by atoms with Crippen molar-refractivity contribution in [3.8, 4) is 0 Å². The number of carbonyl (C=O) groups is 2. The number of carbonyl (C=O) groups excluding carboxylic acids is 2. The van der Waals surface area contributed by atoms with Crippen molar-refractivity contribution in [2.75, 3.05) is 12.4 Å². The zero-order valence-electron chi connectivity index (χ0n) is 11.0. The van der Waals surface area contributed by atoms with Crippen molar-refractivity contribution in [1.82, 2.24) is 10.6 Å². The normalized spacial score (nSPS) is 23.4. The van der Waals surface area contributed by atoms with Crippen LogP contribution >= 0.6 is 11.6 Å². The summed E-state index contributed by atoms with van der Waals surface area (Å²) in [5.41, 5.74) is 0. The van der Waals surface area contributed by atoms with E-state index in [0.717, 1.165) is 5.92 Å². The Morgan fingerprint density at radius 3 is 2.33 bits per heavy atom. The second-order valence-electron chi connectivity index (χ2n) is 4.99. The van der Waals surface area contributed by atoms with Gasteiger partial charge in [-0.2, -0.15) is 0 Å². The third-order valence-corrected chi connectivity index (χ3v) is 3.86. The van der Waals surface area contributed by atoms with Crippen LogP contribution < -0.4 is 10.6 Å². The van der Waals surface area contributed by atoms with Crippen LogP contribution in [-0.2, 0) is 4.79 Å². The van der Waals surface area contributed by atoms with E-state index in [1.165, 1.54) is 32.1 Å². The Morgan fingerprint density at radius 1 is 1.17 bits per heavy atom. The quantitative estimate of drug-likeness (QED) is 0.757. The molecule has 104 valence electrons. The van der Waals surface area contributed by atoms with Crippen LogP contribution in [0.5, 0.6) is 0 Å². The Bertz CT molecular complexity index is 276. The van der Waals surface area contributed by atoms with Crippen molar-refractivity contribution in [2.24, 2.45) is 11.8 Å². The number of hydrogen-bond donors (Lipinski definition) is 2. The molecule has 1 rings (SSSR count). The number of alkyl halides is 1. The summed E-state index contributed by atoms with van der Waals surface area (Å²) in [5.74, 6) is 1.33.